The zero-order valence-electron chi connectivity index (χ0n) is 15.4. The first kappa shape index (κ1) is 17.4. The lowest BCUT2D eigenvalue weighted by atomic mass is 9.77. The van der Waals surface area contributed by atoms with Crippen molar-refractivity contribution in [2.24, 2.45) is 11.3 Å². The Morgan fingerprint density at radius 3 is 3.00 bits per heavy atom. The third kappa shape index (κ3) is 3.90. The lowest BCUT2D eigenvalue weighted by Crippen LogP contribution is -2.42. The van der Waals surface area contributed by atoms with Crippen LogP contribution in [0.4, 0.5) is 0 Å². The van der Waals surface area contributed by atoms with E-state index in [9.17, 15) is 0 Å². The van der Waals surface area contributed by atoms with Crippen LogP contribution in [0.15, 0.2) is 24.5 Å². The van der Waals surface area contributed by atoms with E-state index in [0.29, 0.717) is 17.9 Å². The standard InChI is InChI=1S/C20H31N3O2/c1-22-12-18(14-25-13-17-3-2-7-21-11-17)20(15-22)6-8-23(16-20)19-4-9-24-10-5-19/h2-3,7,11,18-19H,4-6,8-10,12-16H2,1H3/t18-,20-/m1/s1. The van der Waals surface area contributed by atoms with E-state index < -0.39 is 0 Å². The second-order valence-electron chi connectivity index (χ2n) is 8.20. The van der Waals surface area contributed by atoms with Gasteiger partial charge in [0.15, 0.2) is 0 Å². The van der Waals surface area contributed by atoms with Crippen molar-refractivity contribution in [3.8, 4) is 0 Å². The Hall–Kier alpha value is -1.01. The van der Waals surface area contributed by atoms with Crippen molar-refractivity contribution in [2.45, 2.75) is 31.9 Å². The van der Waals surface area contributed by atoms with Crippen LogP contribution < -0.4 is 0 Å². The molecule has 5 heteroatoms. The minimum atomic E-state index is 0.419. The minimum Gasteiger partial charge on any atom is -0.381 e. The molecule has 3 aliphatic rings. The molecular formula is C20H31N3O2. The monoisotopic (exact) mass is 345 g/mol. The van der Waals surface area contributed by atoms with Gasteiger partial charge in [0, 0.05) is 62.6 Å². The molecule has 3 saturated heterocycles. The summed E-state index contributed by atoms with van der Waals surface area (Å²) in [6, 6.07) is 4.80. The lowest BCUT2D eigenvalue weighted by Gasteiger charge is -2.34. The van der Waals surface area contributed by atoms with Gasteiger partial charge in [-0.15, -0.1) is 0 Å². The molecule has 2 atom stereocenters. The number of hydrogen-bond donors (Lipinski definition) is 0. The fraction of sp³-hybridized carbons (Fsp3) is 0.750. The summed E-state index contributed by atoms with van der Waals surface area (Å²) < 4.78 is 11.7. The quantitative estimate of drug-likeness (QED) is 0.816. The Labute approximate surface area is 151 Å². The van der Waals surface area contributed by atoms with E-state index in [1.165, 1.54) is 38.9 Å². The Morgan fingerprint density at radius 2 is 2.20 bits per heavy atom. The van der Waals surface area contributed by atoms with Crippen molar-refractivity contribution >= 4 is 0 Å². The second kappa shape index (κ2) is 7.70. The maximum Gasteiger partial charge on any atom is 0.0731 e. The average Bonchev–Trinajstić information content (AvgIpc) is 3.20. The van der Waals surface area contributed by atoms with E-state index in [1.807, 2.05) is 18.5 Å². The zero-order valence-corrected chi connectivity index (χ0v) is 15.4. The molecule has 1 aromatic heterocycles. The molecule has 0 unspecified atom stereocenters. The molecule has 0 N–H and O–H groups in total. The molecule has 138 valence electrons. The molecule has 1 aromatic rings. The highest BCUT2D eigenvalue weighted by molar-refractivity contribution is 5.07. The van der Waals surface area contributed by atoms with Crippen molar-refractivity contribution in [3.63, 3.8) is 0 Å². The lowest BCUT2D eigenvalue weighted by molar-refractivity contribution is 0.0274. The molecule has 0 saturated carbocycles. The summed E-state index contributed by atoms with van der Waals surface area (Å²) in [6.45, 7) is 8.27. The predicted octanol–water partition coefficient (Wildman–Crippen LogP) is 2.03. The van der Waals surface area contributed by atoms with Gasteiger partial charge in [0.1, 0.15) is 0 Å². The largest absolute Gasteiger partial charge is 0.381 e. The van der Waals surface area contributed by atoms with Crippen LogP contribution in [-0.4, -0.2) is 73.9 Å². The molecule has 25 heavy (non-hydrogen) atoms. The molecule has 4 rings (SSSR count). The number of pyridine rings is 1. The van der Waals surface area contributed by atoms with E-state index in [0.717, 1.165) is 38.0 Å². The summed E-state index contributed by atoms with van der Waals surface area (Å²) in [5, 5.41) is 0. The molecule has 5 nitrogen and oxygen atoms in total. The fourth-order valence-electron chi connectivity index (χ4n) is 5.09. The minimum absolute atomic E-state index is 0.419. The summed E-state index contributed by atoms with van der Waals surface area (Å²) in [7, 11) is 2.26. The van der Waals surface area contributed by atoms with Crippen molar-refractivity contribution in [3.05, 3.63) is 30.1 Å². The first-order valence-corrected chi connectivity index (χ1v) is 9.72. The Morgan fingerprint density at radius 1 is 1.32 bits per heavy atom. The van der Waals surface area contributed by atoms with Crippen molar-refractivity contribution < 1.29 is 9.47 Å². The van der Waals surface area contributed by atoms with Gasteiger partial charge in [-0.3, -0.25) is 9.88 Å². The molecule has 0 aromatic carbocycles. The molecule has 4 heterocycles. The van der Waals surface area contributed by atoms with Crippen LogP contribution >= 0.6 is 0 Å². The fourth-order valence-corrected chi connectivity index (χ4v) is 5.09. The van der Waals surface area contributed by atoms with Crippen molar-refractivity contribution in [2.75, 3.05) is 53.0 Å². The van der Waals surface area contributed by atoms with E-state index in [2.05, 4.69) is 27.9 Å². The molecule has 0 bridgehead atoms. The molecule has 0 amide bonds. The van der Waals surface area contributed by atoms with Gasteiger partial charge in [0.25, 0.3) is 0 Å². The van der Waals surface area contributed by atoms with Gasteiger partial charge in [0.2, 0.25) is 0 Å². The smallest absolute Gasteiger partial charge is 0.0731 e. The SMILES string of the molecule is CN1C[C@H](COCc2cccnc2)[C@]2(CCN(C3CCOCC3)C2)C1. The number of nitrogens with zero attached hydrogens (tertiary/aromatic N) is 3. The van der Waals surface area contributed by atoms with Gasteiger partial charge in [-0.05, 0) is 44.5 Å². The summed E-state index contributed by atoms with van der Waals surface area (Å²) in [4.78, 5) is 9.43. The maximum absolute atomic E-state index is 6.11. The second-order valence-corrected chi connectivity index (χ2v) is 8.20. The molecule has 0 aliphatic carbocycles. The number of hydrogen-bond acceptors (Lipinski definition) is 5. The zero-order chi connectivity index (χ0) is 17.1. The number of ether oxygens (including phenoxy) is 2. The van der Waals surface area contributed by atoms with Gasteiger partial charge in [0.05, 0.1) is 13.2 Å². The highest BCUT2D eigenvalue weighted by atomic mass is 16.5. The van der Waals surface area contributed by atoms with E-state index in [1.54, 1.807) is 0 Å². The van der Waals surface area contributed by atoms with Gasteiger partial charge >= 0.3 is 0 Å². The summed E-state index contributed by atoms with van der Waals surface area (Å²) in [5.74, 6) is 0.638. The van der Waals surface area contributed by atoms with Crippen LogP contribution in [0.2, 0.25) is 0 Å². The number of aromatic nitrogens is 1. The van der Waals surface area contributed by atoms with Gasteiger partial charge in [-0.1, -0.05) is 6.07 Å². The van der Waals surface area contributed by atoms with Crippen LogP contribution in [-0.2, 0) is 16.1 Å². The molecule has 0 radical (unpaired) electrons. The first-order chi connectivity index (χ1) is 12.3. The van der Waals surface area contributed by atoms with Gasteiger partial charge < -0.3 is 14.4 Å². The molecule has 1 spiro atoms. The summed E-state index contributed by atoms with van der Waals surface area (Å²) in [5.41, 5.74) is 1.58. The third-order valence-corrected chi connectivity index (χ3v) is 6.42. The van der Waals surface area contributed by atoms with Crippen LogP contribution in [0.5, 0.6) is 0 Å². The Bertz CT molecular complexity index is 549. The number of rotatable bonds is 5. The molecular weight excluding hydrogens is 314 g/mol. The summed E-state index contributed by atoms with van der Waals surface area (Å²) in [6.07, 6.45) is 7.44. The maximum atomic E-state index is 6.11. The van der Waals surface area contributed by atoms with Gasteiger partial charge in [-0.2, -0.15) is 0 Å². The van der Waals surface area contributed by atoms with Crippen molar-refractivity contribution in [1.29, 1.82) is 0 Å². The first-order valence-electron chi connectivity index (χ1n) is 9.72. The van der Waals surface area contributed by atoms with Crippen molar-refractivity contribution in [1.82, 2.24) is 14.8 Å². The van der Waals surface area contributed by atoms with E-state index >= 15 is 0 Å². The van der Waals surface area contributed by atoms with Crippen LogP contribution in [0.3, 0.4) is 0 Å². The highest BCUT2D eigenvalue weighted by Gasteiger charge is 2.50. The van der Waals surface area contributed by atoms with Crippen LogP contribution in [0.25, 0.3) is 0 Å². The van der Waals surface area contributed by atoms with Crippen LogP contribution in [0, 0.1) is 11.3 Å². The number of likely N-dealkylation sites (tertiary alicyclic amines) is 2. The normalized spacial score (nSPS) is 32.0. The van der Waals surface area contributed by atoms with E-state index in [-0.39, 0.29) is 0 Å². The van der Waals surface area contributed by atoms with Gasteiger partial charge in [-0.25, -0.2) is 0 Å². The molecule has 3 aliphatic heterocycles. The van der Waals surface area contributed by atoms with E-state index in [4.69, 9.17) is 9.47 Å². The third-order valence-electron chi connectivity index (χ3n) is 6.42. The Balaban J connectivity index is 1.34. The highest BCUT2D eigenvalue weighted by Crippen LogP contribution is 2.44. The van der Waals surface area contributed by atoms with Crippen LogP contribution in [0.1, 0.15) is 24.8 Å². The Kier molecular flexibility index (Phi) is 5.36. The average molecular weight is 345 g/mol. The molecule has 3 fully saturated rings. The topological polar surface area (TPSA) is 37.8 Å². The summed E-state index contributed by atoms with van der Waals surface area (Å²) >= 11 is 0. The predicted molar refractivity (Wildman–Crippen MR) is 97.3 cm³/mol.